The zero-order valence-electron chi connectivity index (χ0n) is 10.6. The first-order chi connectivity index (χ1) is 8.15. The fraction of sp³-hybridized carbons (Fsp3) is 0.750. The fourth-order valence-electron chi connectivity index (χ4n) is 1.80. The van der Waals surface area contributed by atoms with Crippen LogP contribution in [0.25, 0.3) is 0 Å². The Morgan fingerprint density at radius 2 is 2.12 bits per heavy atom. The molecule has 1 aromatic heterocycles. The SMILES string of the molecule is CCC(CC)(CO)NCC(O)Cn1cccn1. The van der Waals surface area contributed by atoms with E-state index in [1.165, 1.54) is 0 Å². The maximum Gasteiger partial charge on any atom is 0.0860 e. The average Bonchev–Trinajstić information content (AvgIpc) is 2.84. The van der Waals surface area contributed by atoms with Gasteiger partial charge in [0, 0.05) is 24.5 Å². The van der Waals surface area contributed by atoms with Crippen molar-refractivity contribution < 1.29 is 10.2 Å². The highest BCUT2D eigenvalue weighted by Crippen LogP contribution is 2.13. The van der Waals surface area contributed by atoms with Crippen LogP contribution in [0, 0.1) is 0 Å². The fourth-order valence-corrected chi connectivity index (χ4v) is 1.80. The standard InChI is InChI=1S/C12H23N3O2/c1-3-12(4-2,10-16)13-8-11(17)9-15-7-5-6-14-15/h5-7,11,13,16-17H,3-4,8-10H2,1-2H3. The van der Waals surface area contributed by atoms with Crippen molar-refractivity contribution in [2.24, 2.45) is 0 Å². The summed E-state index contributed by atoms with van der Waals surface area (Å²) in [6, 6.07) is 1.83. The van der Waals surface area contributed by atoms with E-state index in [2.05, 4.69) is 10.4 Å². The second-order valence-corrected chi connectivity index (χ2v) is 4.41. The maximum atomic E-state index is 9.87. The molecule has 0 saturated carbocycles. The minimum absolute atomic E-state index is 0.0918. The molecule has 17 heavy (non-hydrogen) atoms. The Labute approximate surface area is 102 Å². The highest BCUT2D eigenvalue weighted by atomic mass is 16.3. The van der Waals surface area contributed by atoms with Gasteiger partial charge in [-0.15, -0.1) is 0 Å². The van der Waals surface area contributed by atoms with Crippen molar-refractivity contribution in [1.29, 1.82) is 0 Å². The number of rotatable bonds is 8. The van der Waals surface area contributed by atoms with Crippen molar-refractivity contribution in [2.45, 2.75) is 44.9 Å². The maximum absolute atomic E-state index is 9.87. The smallest absolute Gasteiger partial charge is 0.0860 e. The first kappa shape index (κ1) is 14.2. The molecule has 0 radical (unpaired) electrons. The highest BCUT2D eigenvalue weighted by molar-refractivity contribution is 4.86. The van der Waals surface area contributed by atoms with Crippen LogP contribution in [0.4, 0.5) is 0 Å². The summed E-state index contributed by atoms with van der Waals surface area (Å²) in [6.45, 7) is 5.09. The molecule has 0 bridgehead atoms. The summed E-state index contributed by atoms with van der Waals surface area (Å²) in [6.07, 6.45) is 4.69. The Morgan fingerprint density at radius 1 is 1.41 bits per heavy atom. The van der Waals surface area contributed by atoms with E-state index in [1.807, 2.05) is 26.1 Å². The van der Waals surface area contributed by atoms with Gasteiger partial charge in [-0.2, -0.15) is 5.10 Å². The normalized spacial score (nSPS) is 13.9. The summed E-state index contributed by atoms with van der Waals surface area (Å²) in [5, 5.41) is 26.5. The van der Waals surface area contributed by atoms with E-state index in [0.29, 0.717) is 13.1 Å². The third-order valence-corrected chi connectivity index (χ3v) is 3.33. The first-order valence-corrected chi connectivity index (χ1v) is 6.17. The lowest BCUT2D eigenvalue weighted by Gasteiger charge is -2.32. The van der Waals surface area contributed by atoms with E-state index in [4.69, 9.17) is 0 Å². The van der Waals surface area contributed by atoms with Crippen molar-refractivity contribution >= 4 is 0 Å². The van der Waals surface area contributed by atoms with Gasteiger partial charge in [0.15, 0.2) is 0 Å². The molecule has 0 aliphatic heterocycles. The van der Waals surface area contributed by atoms with Gasteiger partial charge in [-0.05, 0) is 18.9 Å². The quantitative estimate of drug-likeness (QED) is 0.615. The summed E-state index contributed by atoms with van der Waals surface area (Å²) >= 11 is 0. The number of nitrogens with one attached hydrogen (secondary N) is 1. The molecule has 0 saturated heterocycles. The molecule has 1 atom stereocenters. The van der Waals surface area contributed by atoms with Crippen LogP contribution >= 0.6 is 0 Å². The monoisotopic (exact) mass is 241 g/mol. The molecule has 0 amide bonds. The predicted octanol–water partition coefficient (Wildman–Crippen LogP) is 0.385. The van der Waals surface area contributed by atoms with Crippen molar-refractivity contribution in [3.05, 3.63) is 18.5 Å². The largest absolute Gasteiger partial charge is 0.394 e. The lowest BCUT2D eigenvalue weighted by Crippen LogP contribution is -2.50. The zero-order valence-corrected chi connectivity index (χ0v) is 10.6. The van der Waals surface area contributed by atoms with E-state index >= 15 is 0 Å². The van der Waals surface area contributed by atoms with E-state index in [9.17, 15) is 10.2 Å². The second kappa shape index (κ2) is 6.74. The Bertz CT molecular complexity index is 288. The zero-order chi connectivity index (χ0) is 12.7. The number of β-amino-alcohol motifs (C(OH)–C–C–N with tert-alkyl or cyclic N) is 1. The van der Waals surface area contributed by atoms with E-state index < -0.39 is 6.10 Å². The minimum Gasteiger partial charge on any atom is -0.394 e. The number of hydrogen-bond donors (Lipinski definition) is 3. The van der Waals surface area contributed by atoms with Gasteiger partial charge in [-0.3, -0.25) is 4.68 Å². The van der Waals surface area contributed by atoms with Crippen molar-refractivity contribution in [3.8, 4) is 0 Å². The summed E-state index contributed by atoms with van der Waals surface area (Å²) < 4.78 is 1.70. The lowest BCUT2D eigenvalue weighted by molar-refractivity contribution is 0.103. The molecule has 98 valence electrons. The predicted molar refractivity (Wildman–Crippen MR) is 66.6 cm³/mol. The molecule has 0 spiro atoms. The van der Waals surface area contributed by atoms with Gasteiger partial charge in [0.1, 0.15) is 0 Å². The number of aliphatic hydroxyl groups excluding tert-OH is 2. The van der Waals surface area contributed by atoms with Gasteiger partial charge in [0.25, 0.3) is 0 Å². The van der Waals surface area contributed by atoms with Crippen LogP contribution in [0.15, 0.2) is 18.5 Å². The summed E-state index contributed by atoms with van der Waals surface area (Å²) in [4.78, 5) is 0. The number of aliphatic hydroxyl groups is 2. The third-order valence-electron chi connectivity index (χ3n) is 3.33. The topological polar surface area (TPSA) is 70.3 Å². The Morgan fingerprint density at radius 3 is 2.59 bits per heavy atom. The summed E-state index contributed by atoms with van der Waals surface area (Å²) in [5.41, 5.74) is -0.273. The molecule has 0 fully saturated rings. The van der Waals surface area contributed by atoms with Crippen LogP contribution in [0.3, 0.4) is 0 Å². The molecule has 1 heterocycles. The van der Waals surface area contributed by atoms with Crippen LogP contribution < -0.4 is 5.32 Å². The van der Waals surface area contributed by atoms with Gasteiger partial charge in [0.05, 0.1) is 19.3 Å². The molecule has 0 aromatic carbocycles. The molecule has 1 rings (SSSR count). The molecule has 5 nitrogen and oxygen atoms in total. The lowest BCUT2D eigenvalue weighted by atomic mass is 9.94. The molecule has 5 heteroatoms. The second-order valence-electron chi connectivity index (χ2n) is 4.41. The van der Waals surface area contributed by atoms with Crippen LogP contribution in [-0.2, 0) is 6.54 Å². The van der Waals surface area contributed by atoms with Gasteiger partial charge in [-0.1, -0.05) is 13.8 Å². The first-order valence-electron chi connectivity index (χ1n) is 6.17. The molecular formula is C12H23N3O2. The summed E-state index contributed by atoms with van der Waals surface area (Å²) in [5.74, 6) is 0. The number of aromatic nitrogens is 2. The molecular weight excluding hydrogens is 218 g/mol. The Kier molecular flexibility index (Phi) is 5.61. The van der Waals surface area contributed by atoms with Gasteiger partial charge < -0.3 is 15.5 Å². The molecule has 0 aliphatic rings. The highest BCUT2D eigenvalue weighted by Gasteiger charge is 2.25. The third kappa shape index (κ3) is 4.11. The van der Waals surface area contributed by atoms with Crippen molar-refractivity contribution in [1.82, 2.24) is 15.1 Å². The number of hydrogen-bond acceptors (Lipinski definition) is 4. The number of nitrogens with zero attached hydrogens (tertiary/aromatic N) is 2. The Hall–Kier alpha value is -0.910. The van der Waals surface area contributed by atoms with E-state index in [-0.39, 0.29) is 12.1 Å². The summed E-state index contributed by atoms with van der Waals surface area (Å²) in [7, 11) is 0. The van der Waals surface area contributed by atoms with Crippen LogP contribution in [0.5, 0.6) is 0 Å². The van der Waals surface area contributed by atoms with Gasteiger partial charge >= 0.3 is 0 Å². The van der Waals surface area contributed by atoms with Crippen molar-refractivity contribution in [3.63, 3.8) is 0 Å². The van der Waals surface area contributed by atoms with Crippen LogP contribution in [-0.4, -0.2) is 44.8 Å². The van der Waals surface area contributed by atoms with Crippen molar-refractivity contribution in [2.75, 3.05) is 13.2 Å². The van der Waals surface area contributed by atoms with Gasteiger partial charge in [-0.25, -0.2) is 0 Å². The van der Waals surface area contributed by atoms with Crippen LogP contribution in [0.1, 0.15) is 26.7 Å². The molecule has 3 N–H and O–H groups in total. The minimum atomic E-state index is -0.501. The molecule has 1 aromatic rings. The van der Waals surface area contributed by atoms with Gasteiger partial charge in [0.2, 0.25) is 0 Å². The van der Waals surface area contributed by atoms with E-state index in [0.717, 1.165) is 12.8 Å². The van der Waals surface area contributed by atoms with E-state index in [1.54, 1.807) is 10.9 Å². The Balaban J connectivity index is 2.38. The molecule has 0 aliphatic carbocycles. The average molecular weight is 241 g/mol. The molecule has 1 unspecified atom stereocenters. The van der Waals surface area contributed by atoms with Crippen LogP contribution in [0.2, 0.25) is 0 Å².